The van der Waals surface area contributed by atoms with Crippen LogP contribution in [0.25, 0.3) is 11.1 Å². The van der Waals surface area contributed by atoms with Crippen LogP contribution in [0, 0.1) is 17.3 Å². The smallest absolute Gasteiger partial charge is 0.407 e. The Balaban J connectivity index is 1.25. The lowest BCUT2D eigenvalue weighted by molar-refractivity contribution is -0.143. The van der Waals surface area contributed by atoms with Crippen molar-refractivity contribution in [3.05, 3.63) is 59.7 Å². The molecule has 0 radical (unpaired) electrons. The van der Waals surface area contributed by atoms with E-state index in [2.05, 4.69) is 29.6 Å². The molecule has 1 aliphatic heterocycles. The molecule has 1 saturated heterocycles. The maximum Gasteiger partial charge on any atom is 0.407 e. The highest BCUT2D eigenvalue weighted by Gasteiger charge is 2.59. The molecule has 0 bridgehead atoms. The Labute approximate surface area is 205 Å². The molecular weight excluding hydrogens is 444 g/mol. The molecule has 2 N–H and O–H groups in total. The molecule has 0 aromatic heterocycles. The predicted octanol–water partition coefficient (Wildman–Crippen LogP) is 4.26. The van der Waals surface area contributed by atoms with Crippen molar-refractivity contribution in [1.29, 1.82) is 0 Å². The third-order valence-electron chi connectivity index (χ3n) is 7.79. The molecule has 1 saturated carbocycles. The Morgan fingerprint density at radius 2 is 1.66 bits per heavy atom. The highest BCUT2D eigenvalue weighted by atomic mass is 16.5. The van der Waals surface area contributed by atoms with Crippen LogP contribution in [0.2, 0.25) is 0 Å². The number of alkyl carbamates (subject to hydrolysis) is 1. The van der Waals surface area contributed by atoms with Crippen molar-refractivity contribution in [2.45, 2.75) is 45.1 Å². The molecule has 2 amide bonds. The average molecular weight is 477 g/mol. The molecule has 1 spiro atoms. The summed E-state index contributed by atoms with van der Waals surface area (Å²) in [7, 11) is 0. The van der Waals surface area contributed by atoms with Crippen molar-refractivity contribution in [3.63, 3.8) is 0 Å². The number of aliphatic carboxylic acids is 1. The first-order chi connectivity index (χ1) is 16.8. The number of fused-ring (bicyclic) bond motifs is 3. The quantitative estimate of drug-likeness (QED) is 0.622. The first-order valence-corrected chi connectivity index (χ1v) is 12.4. The van der Waals surface area contributed by atoms with E-state index in [1.807, 2.05) is 38.1 Å². The van der Waals surface area contributed by atoms with Gasteiger partial charge in [0.25, 0.3) is 0 Å². The van der Waals surface area contributed by atoms with E-state index in [0.29, 0.717) is 13.0 Å². The van der Waals surface area contributed by atoms with Crippen molar-refractivity contribution >= 4 is 18.0 Å². The van der Waals surface area contributed by atoms with Crippen molar-refractivity contribution < 1.29 is 24.2 Å². The molecule has 5 rings (SSSR count). The first kappa shape index (κ1) is 23.4. The number of benzene rings is 2. The number of amides is 2. The van der Waals surface area contributed by atoms with Gasteiger partial charge in [-0.05, 0) is 47.4 Å². The van der Waals surface area contributed by atoms with Gasteiger partial charge in [0, 0.05) is 24.4 Å². The van der Waals surface area contributed by atoms with Crippen LogP contribution in [0.1, 0.15) is 50.2 Å². The van der Waals surface area contributed by atoms with E-state index >= 15 is 0 Å². The second-order valence-electron chi connectivity index (χ2n) is 10.6. The van der Waals surface area contributed by atoms with Gasteiger partial charge >= 0.3 is 12.1 Å². The Morgan fingerprint density at radius 3 is 2.17 bits per heavy atom. The standard InChI is InChI=1S/C28H32N2O5/c1-17(2)13-24(25(31)30-14-23(26(32)33)28(16-30)11-12-28)29-27(34)35-15-22-20-9-5-3-7-18(20)19-8-4-6-10-21(19)22/h3-10,17,22-24H,11-16H2,1-2H3,(H,29,34)(H,32,33)/t23?,24-/m0/s1. The van der Waals surface area contributed by atoms with E-state index in [0.717, 1.165) is 35.1 Å². The summed E-state index contributed by atoms with van der Waals surface area (Å²) in [5.74, 6) is -1.48. The van der Waals surface area contributed by atoms with Gasteiger partial charge in [-0.25, -0.2) is 4.79 Å². The van der Waals surface area contributed by atoms with Gasteiger partial charge in [-0.15, -0.1) is 0 Å². The maximum atomic E-state index is 13.4. The van der Waals surface area contributed by atoms with E-state index in [4.69, 9.17) is 4.74 Å². The van der Waals surface area contributed by atoms with Gasteiger partial charge in [-0.3, -0.25) is 9.59 Å². The number of carboxylic acid groups (broad SMARTS) is 1. The summed E-state index contributed by atoms with van der Waals surface area (Å²) in [6, 6.07) is 15.5. The molecule has 7 heteroatoms. The lowest BCUT2D eigenvalue weighted by Gasteiger charge is -2.25. The van der Waals surface area contributed by atoms with Crippen LogP contribution in [0.3, 0.4) is 0 Å². The summed E-state index contributed by atoms with van der Waals surface area (Å²) in [4.78, 5) is 39.5. The largest absolute Gasteiger partial charge is 0.481 e. The van der Waals surface area contributed by atoms with E-state index in [-0.39, 0.29) is 36.3 Å². The summed E-state index contributed by atoms with van der Waals surface area (Å²) in [6.07, 6.45) is 1.51. The van der Waals surface area contributed by atoms with Crippen molar-refractivity contribution in [3.8, 4) is 11.1 Å². The Bertz CT molecular complexity index is 1110. The number of carbonyl (C=O) groups excluding carboxylic acids is 2. The lowest BCUT2D eigenvalue weighted by Crippen LogP contribution is -2.49. The second-order valence-corrected chi connectivity index (χ2v) is 10.6. The van der Waals surface area contributed by atoms with Crippen molar-refractivity contribution in [2.24, 2.45) is 17.3 Å². The summed E-state index contributed by atoms with van der Waals surface area (Å²) < 4.78 is 5.66. The predicted molar refractivity (Wildman–Crippen MR) is 131 cm³/mol. The second kappa shape index (κ2) is 9.02. The first-order valence-electron chi connectivity index (χ1n) is 12.4. The third-order valence-corrected chi connectivity index (χ3v) is 7.79. The molecule has 184 valence electrons. The number of hydrogen-bond donors (Lipinski definition) is 2. The number of nitrogens with zero attached hydrogens (tertiary/aromatic N) is 1. The molecule has 3 aliphatic rings. The van der Waals surface area contributed by atoms with Crippen LogP contribution in [-0.2, 0) is 14.3 Å². The van der Waals surface area contributed by atoms with Gasteiger partial charge < -0.3 is 20.1 Å². The van der Waals surface area contributed by atoms with Gasteiger partial charge in [-0.1, -0.05) is 62.4 Å². The van der Waals surface area contributed by atoms with Crippen LogP contribution >= 0.6 is 0 Å². The number of likely N-dealkylation sites (tertiary alicyclic amines) is 1. The normalized spacial score (nSPS) is 20.4. The van der Waals surface area contributed by atoms with Crippen LogP contribution < -0.4 is 5.32 Å². The summed E-state index contributed by atoms with van der Waals surface area (Å²) in [5.41, 5.74) is 4.28. The average Bonchev–Trinajstić information content (AvgIpc) is 3.38. The fourth-order valence-corrected chi connectivity index (χ4v) is 5.84. The summed E-state index contributed by atoms with van der Waals surface area (Å²) in [6.45, 7) is 4.81. The zero-order chi connectivity index (χ0) is 24.7. The number of hydrogen-bond acceptors (Lipinski definition) is 4. The highest BCUT2D eigenvalue weighted by molar-refractivity contribution is 5.87. The van der Waals surface area contributed by atoms with Gasteiger partial charge in [-0.2, -0.15) is 0 Å². The van der Waals surface area contributed by atoms with Crippen molar-refractivity contribution in [2.75, 3.05) is 19.7 Å². The highest BCUT2D eigenvalue weighted by Crippen LogP contribution is 2.56. The fraction of sp³-hybridized carbons (Fsp3) is 0.464. The molecular formula is C28H32N2O5. The zero-order valence-electron chi connectivity index (χ0n) is 20.2. The SMILES string of the molecule is CC(C)C[C@H](NC(=O)OCC1c2ccccc2-c2ccccc21)C(=O)N1CC(C(=O)O)C2(CC2)C1. The summed E-state index contributed by atoms with van der Waals surface area (Å²) in [5, 5.41) is 12.4. The van der Waals surface area contributed by atoms with Gasteiger partial charge in [0.05, 0.1) is 5.92 Å². The van der Waals surface area contributed by atoms with E-state index in [1.54, 1.807) is 4.90 Å². The number of carbonyl (C=O) groups is 3. The molecule has 2 aliphatic carbocycles. The van der Waals surface area contributed by atoms with E-state index < -0.39 is 24.0 Å². The molecule has 1 heterocycles. The van der Waals surface area contributed by atoms with Crippen LogP contribution in [0.4, 0.5) is 4.79 Å². The number of rotatable bonds is 7. The molecule has 2 aromatic rings. The third kappa shape index (κ3) is 4.40. The fourth-order valence-electron chi connectivity index (χ4n) is 5.84. The van der Waals surface area contributed by atoms with Gasteiger partial charge in [0.2, 0.25) is 5.91 Å². The number of nitrogens with one attached hydrogen (secondary N) is 1. The molecule has 7 nitrogen and oxygen atoms in total. The van der Waals surface area contributed by atoms with Crippen molar-refractivity contribution in [1.82, 2.24) is 10.2 Å². The minimum atomic E-state index is -0.845. The van der Waals surface area contributed by atoms with Gasteiger partial charge in [0.1, 0.15) is 12.6 Å². The molecule has 35 heavy (non-hydrogen) atoms. The molecule has 2 atom stereocenters. The topological polar surface area (TPSA) is 95.9 Å². The molecule has 1 unspecified atom stereocenters. The molecule has 2 aromatic carbocycles. The molecule has 2 fully saturated rings. The van der Waals surface area contributed by atoms with Crippen LogP contribution in [0.5, 0.6) is 0 Å². The van der Waals surface area contributed by atoms with Crippen LogP contribution in [-0.4, -0.2) is 53.7 Å². The minimum Gasteiger partial charge on any atom is -0.481 e. The van der Waals surface area contributed by atoms with E-state index in [9.17, 15) is 19.5 Å². The Hall–Kier alpha value is -3.35. The van der Waals surface area contributed by atoms with E-state index in [1.165, 1.54) is 0 Å². The van der Waals surface area contributed by atoms with Crippen LogP contribution in [0.15, 0.2) is 48.5 Å². The minimum absolute atomic E-state index is 0.0583. The number of carboxylic acids is 1. The lowest BCUT2D eigenvalue weighted by atomic mass is 9.93. The Morgan fingerprint density at radius 1 is 1.06 bits per heavy atom. The zero-order valence-corrected chi connectivity index (χ0v) is 20.2. The Kier molecular flexibility index (Phi) is 6.03. The number of ether oxygens (including phenoxy) is 1. The monoisotopic (exact) mass is 476 g/mol. The summed E-state index contributed by atoms with van der Waals surface area (Å²) >= 11 is 0. The maximum absolute atomic E-state index is 13.4. The van der Waals surface area contributed by atoms with Gasteiger partial charge in [0.15, 0.2) is 0 Å².